The Bertz CT molecular complexity index is 710. The van der Waals surface area contributed by atoms with Crippen molar-refractivity contribution in [3.05, 3.63) is 26.7 Å². The average Bonchev–Trinajstić information content (AvgIpc) is 2.69. The number of aryl methyl sites for hydroxylation is 3. The van der Waals surface area contributed by atoms with Crippen molar-refractivity contribution >= 4 is 27.1 Å². The molecule has 0 N–H and O–H groups in total. The van der Waals surface area contributed by atoms with Gasteiger partial charge >= 0.3 is 5.69 Å². The Morgan fingerprint density at radius 1 is 1.11 bits per heavy atom. The second-order valence-electron chi connectivity index (χ2n) is 4.26. The van der Waals surface area contributed by atoms with Gasteiger partial charge in [0.2, 0.25) is 0 Å². The predicted octanol–water partition coefficient (Wildman–Crippen LogP) is 0.298. The Morgan fingerprint density at radius 3 is 2.39 bits per heavy atom. The number of hydrogen-bond donors (Lipinski definition) is 0. The molecule has 0 radical (unpaired) electrons. The molecule has 0 aliphatic rings. The summed E-state index contributed by atoms with van der Waals surface area (Å²) in [4.78, 5) is 28.3. The summed E-state index contributed by atoms with van der Waals surface area (Å²) in [5.74, 6) is 0.822. The first-order valence-corrected chi connectivity index (χ1v) is 6.78. The van der Waals surface area contributed by atoms with Crippen LogP contribution in [0.2, 0.25) is 0 Å². The molecule has 2 rings (SSSR count). The Balaban J connectivity index is 2.80. The summed E-state index contributed by atoms with van der Waals surface area (Å²) >= 11 is 3.37. The van der Waals surface area contributed by atoms with Crippen molar-refractivity contribution in [2.75, 3.05) is 5.33 Å². The van der Waals surface area contributed by atoms with E-state index in [0.717, 1.165) is 28.6 Å². The Kier molecular flexibility index (Phi) is 3.43. The molecule has 0 amide bonds. The van der Waals surface area contributed by atoms with Crippen LogP contribution in [0.1, 0.15) is 12.2 Å². The molecule has 0 aliphatic heterocycles. The van der Waals surface area contributed by atoms with E-state index >= 15 is 0 Å². The van der Waals surface area contributed by atoms with Gasteiger partial charge in [0, 0.05) is 32.9 Å². The molecule has 0 saturated carbocycles. The first-order valence-electron chi connectivity index (χ1n) is 5.66. The molecule has 0 bridgehead atoms. The first-order chi connectivity index (χ1) is 8.49. The van der Waals surface area contributed by atoms with Crippen LogP contribution >= 0.6 is 15.9 Å². The average molecular weight is 315 g/mol. The molecule has 6 nitrogen and oxygen atoms in total. The molecule has 0 unspecified atom stereocenters. The zero-order chi connectivity index (χ0) is 13.4. The SMILES string of the molecule is Cn1c(=O)c2c(nc(CCCBr)n2C)n(C)c1=O. The summed E-state index contributed by atoms with van der Waals surface area (Å²) in [6.07, 6.45) is 1.71. The van der Waals surface area contributed by atoms with E-state index in [0.29, 0.717) is 11.2 Å². The number of fused-ring (bicyclic) bond motifs is 1. The van der Waals surface area contributed by atoms with Gasteiger partial charge in [-0.25, -0.2) is 9.78 Å². The quantitative estimate of drug-likeness (QED) is 0.765. The van der Waals surface area contributed by atoms with E-state index in [1.807, 2.05) is 7.05 Å². The van der Waals surface area contributed by atoms with Crippen LogP contribution in [0.4, 0.5) is 0 Å². The van der Waals surface area contributed by atoms with Crippen molar-refractivity contribution in [1.82, 2.24) is 18.7 Å². The highest BCUT2D eigenvalue weighted by molar-refractivity contribution is 9.09. The van der Waals surface area contributed by atoms with Crippen LogP contribution in [0.15, 0.2) is 9.59 Å². The number of rotatable bonds is 3. The van der Waals surface area contributed by atoms with E-state index < -0.39 is 0 Å². The Hall–Kier alpha value is -1.37. The lowest BCUT2D eigenvalue weighted by atomic mass is 10.3. The fourth-order valence-electron chi connectivity index (χ4n) is 2.01. The van der Waals surface area contributed by atoms with Crippen molar-refractivity contribution in [1.29, 1.82) is 0 Å². The number of alkyl halides is 1. The second kappa shape index (κ2) is 4.72. The molecule has 18 heavy (non-hydrogen) atoms. The molecular formula is C11H15BrN4O2. The summed E-state index contributed by atoms with van der Waals surface area (Å²) in [6.45, 7) is 0. The van der Waals surface area contributed by atoms with Crippen molar-refractivity contribution in [2.24, 2.45) is 21.1 Å². The second-order valence-corrected chi connectivity index (χ2v) is 5.05. The maximum absolute atomic E-state index is 12.1. The van der Waals surface area contributed by atoms with Crippen LogP contribution in [-0.4, -0.2) is 24.0 Å². The third kappa shape index (κ3) is 1.82. The van der Waals surface area contributed by atoms with Crippen molar-refractivity contribution in [2.45, 2.75) is 12.8 Å². The molecule has 0 aliphatic carbocycles. The highest BCUT2D eigenvalue weighted by atomic mass is 79.9. The van der Waals surface area contributed by atoms with Gasteiger partial charge in [0.05, 0.1) is 0 Å². The third-order valence-corrected chi connectivity index (χ3v) is 3.66. The third-order valence-electron chi connectivity index (χ3n) is 3.10. The molecule has 0 fully saturated rings. The van der Waals surface area contributed by atoms with E-state index in [-0.39, 0.29) is 11.2 Å². The molecule has 0 spiro atoms. The van der Waals surface area contributed by atoms with Crippen LogP contribution in [0.3, 0.4) is 0 Å². The van der Waals surface area contributed by atoms with E-state index in [1.165, 1.54) is 11.6 Å². The monoisotopic (exact) mass is 314 g/mol. The molecule has 98 valence electrons. The first kappa shape index (κ1) is 13.1. The fraction of sp³-hybridized carbons (Fsp3) is 0.545. The molecule has 0 aromatic carbocycles. The number of aromatic nitrogens is 4. The van der Waals surface area contributed by atoms with Crippen molar-refractivity contribution in [3.8, 4) is 0 Å². The molecule has 0 saturated heterocycles. The topological polar surface area (TPSA) is 61.8 Å². The molecule has 2 aromatic heterocycles. The van der Waals surface area contributed by atoms with Gasteiger partial charge in [0.1, 0.15) is 5.82 Å². The van der Waals surface area contributed by atoms with Gasteiger partial charge in [0.15, 0.2) is 11.2 Å². The number of hydrogen-bond acceptors (Lipinski definition) is 3. The highest BCUT2D eigenvalue weighted by Crippen LogP contribution is 2.10. The number of halogens is 1. The van der Waals surface area contributed by atoms with E-state index in [9.17, 15) is 9.59 Å². The van der Waals surface area contributed by atoms with Crippen LogP contribution in [0.25, 0.3) is 11.2 Å². The fourth-order valence-corrected chi connectivity index (χ4v) is 2.29. The normalized spacial score (nSPS) is 11.3. The van der Waals surface area contributed by atoms with Gasteiger partial charge in [-0.15, -0.1) is 0 Å². The van der Waals surface area contributed by atoms with Crippen molar-refractivity contribution in [3.63, 3.8) is 0 Å². The lowest BCUT2D eigenvalue weighted by molar-refractivity contribution is 0.705. The van der Waals surface area contributed by atoms with Crippen molar-refractivity contribution < 1.29 is 0 Å². The zero-order valence-electron chi connectivity index (χ0n) is 10.6. The smallest absolute Gasteiger partial charge is 0.325 e. The minimum Gasteiger partial charge on any atom is -0.325 e. The summed E-state index contributed by atoms with van der Waals surface area (Å²) in [5, 5.41) is 0.882. The lowest BCUT2D eigenvalue weighted by Gasteiger charge is -2.03. The van der Waals surface area contributed by atoms with Gasteiger partial charge in [-0.3, -0.25) is 13.9 Å². The predicted molar refractivity (Wildman–Crippen MR) is 73.3 cm³/mol. The lowest BCUT2D eigenvalue weighted by Crippen LogP contribution is -2.37. The highest BCUT2D eigenvalue weighted by Gasteiger charge is 2.16. The Morgan fingerprint density at radius 2 is 1.78 bits per heavy atom. The molecule has 2 heterocycles. The Labute approximate surface area is 112 Å². The van der Waals surface area contributed by atoms with Gasteiger partial charge in [-0.1, -0.05) is 15.9 Å². The van der Waals surface area contributed by atoms with E-state index in [4.69, 9.17) is 0 Å². The minimum atomic E-state index is -0.349. The maximum Gasteiger partial charge on any atom is 0.332 e. The molecular weight excluding hydrogens is 300 g/mol. The number of imidazole rings is 1. The van der Waals surface area contributed by atoms with E-state index in [2.05, 4.69) is 20.9 Å². The van der Waals surface area contributed by atoms with Crippen LogP contribution in [0.5, 0.6) is 0 Å². The molecule has 0 atom stereocenters. The van der Waals surface area contributed by atoms with Crippen LogP contribution in [-0.2, 0) is 27.6 Å². The summed E-state index contributed by atoms with van der Waals surface area (Å²) in [7, 11) is 4.92. The maximum atomic E-state index is 12.1. The minimum absolute atomic E-state index is 0.298. The zero-order valence-corrected chi connectivity index (χ0v) is 12.2. The molecule has 7 heteroatoms. The van der Waals surface area contributed by atoms with Gasteiger partial charge < -0.3 is 4.57 Å². The summed E-state index contributed by atoms with van der Waals surface area (Å²) < 4.78 is 4.30. The van der Waals surface area contributed by atoms with Crippen LogP contribution < -0.4 is 11.2 Å². The van der Waals surface area contributed by atoms with Gasteiger partial charge in [-0.2, -0.15) is 0 Å². The largest absolute Gasteiger partial charge is 0.332 e. The standard InChI is InChI=1S/C11H15BrN4O2/c1-14-7(5-4-6-12)13-9-8(14)10(17)16(3)11(18)15(9)2/h4-6H2,1-3H3. The van der Waals surface area contributed by atoms with E-state index in [1.54, 1.807) is 11.6 Å². The number of nitrogens with zero attached hydrogens (tertiary/aromatic N) is 4. The molecule has 2 aromatic rings. The summed E-state index contributed by atoms with van der Waals surface area (Å²) in [5.41, 5.74) is 0.283. The van der Waals surface area contributed by atoms with Gasteiger partial charge in [0.25, 0.3) is 5.56 Å². The summed E-state index contributed by atoms with van der Waals surface area (Å²) in [6, 6.07) is 0. The van der Waals surface area contributed by atoms with Gasteiger partial charge in [-0.05, 0) is 6.42 Å². The van der Waals surface area contributed by atoms with Crippen LogP contribution in [0, 0.1) is 0 Å².